The summed E-state index contributed by atoms with van der Waals surface area (Å²) in [4.78, 5) is 21.0. The fraction of sp³-hybridized carbons (Fsp3) is 0.211. The highest BCUT2D eigenvalue weighted by Gasteiger charge is 2.33. The van der Waals surface area contributed by atoms with Crippen LogP contribution in [0.5, 0.6) is 0 Å². The molecule has 5 heteroatoms. The zero-order valence-corrected chi connectivity index (χ0v) is 13.2. The van der Waals surface area contributed by atoms with E-state index in [1.54, 1.807) is 41.6 Å². The number of carbonyl (C=O) groups excluding carboxylic acids is 1. The van der Waals surface area contributed by atoms with Crippen LogP contribution in [0.15, 0.2) is 67.4 Å². The lowest BCUT2D eigenvalue weighted by Gasteiger charge is -2.19. The molecule has 1 amide bonds. The van der Waals surface area contributed by atoms with Gasteiger partial charge in [0.25, 0.3) is 5.91 Å². The van der Waals surface area contributed by atoms with E-state index in [1.165, 1.54) is 0 Å². The van der Waals surface area contributed by atoms with E-state index >= 15 is 0 Å². The molecule has 1 aliphatic carbocycles. The van der Waals surface area contributed by atoms with Crippen LogP contribution in [0.3, 0.4) is 0 Å². The Morgan fingerprint density at radius 3 is 2.71 bits per heavy atom. The molecule has 0 saturated heterocycles. The fourth-order valence-corrected chi connectivity index (χ4v) is 2.88. The van der Waals surface area contributed by atoms with Gasteiger partial charge in [-0.15, -0.1) is 0 Å². The average Bonchev–Trinajstić information content (AvgIpc) is 3.33. The molecule has 5 nitrogen and oxygen atoms in total. The molecular weight excluding hydrogens is 300 g/mol. The molecular formula is C19H18N4O. The highest BCUT2D eigenvalue weighted by atomic mass is 16.1. The van der Waals surface area contributed by atoms with Gasteiger partial charge in [0, 0.05) is 24.2 Å². The summed E-state index contributed by atoms with van der Waals surface area (Å²) in [5, 5.41) is 3.19. The van der Waals surface area contributed by atoms with E-state index in [0.29, 0.717) is 17.3 Å². The summed E-state index contributed by atoms with van der Waals surface area (Å²) >= 11 is 0. The maximum Gasteiger partial charge on any atom is 0.251 e. The zero-order valence-electron chi connectivity index (χ0n) is 13.2. The highest BCUT2D eigenvalue weighted by Crippen LogP contribution is 2.41. The number of aromatic nitrogens is 3. The Bertz CT molecular complexity index is 826. The standard InChI is InChI=1S/C19H18N4O/c24-19(16-8-9-21-17(12-16)23-11-10-20-13-23)22-18(15-6-7-15)14-4-2-1-3-5-14/h1-5,8-13,15,18H,6-7H2,(H,22,24)/t18-/m0/s1. The number of carbonyl (C=O) groups is 1. The Morgan fingerprint density at radius 1 is 1.17 bits per heavy atom. The third-order valence-corrected chi connectivity index (χ3v) is 4.32. The first-order chi connectivity index (χ1) is 11.8. The van der Waals surface area contributed by atoms with Crippen LogP contribution in [-0.4, -0.2) is 20.4 Å². The van der Waals surface area contributed by atoms with Gasteiger partial charge in [0.15, 0.2) is 0 Å². The number of rotatable bonds is 5. The van der Waals surface area contributed by atoms with Crippen LogP contribution in [0.25, 0.3) is 5.82 Å². The van der Waals surface area contributed by atoms with Crippen LogP contribution in [0.2, 0.25) is 0 Å². The molecule has 0 spiro atoms. The second kappa shape index (κ2) is 6.28. The van der Waals surface area contributed by atoms with Crippen molar-refractivity contribution in [2.75, 3.05) is 0 Å². The predicted molar refractivity (Wildman–Crippen MR) is 90.7 cm³/mol. The molecule has 1 aliphatic rings. The van der Waals surface area contributed by atoms with E-state index in [2.05, 4.69) is 27.4 Å². The largest absolute Gasteiger partial charge is 0.345 e. The van der Waals surface area contributed by atoms with E-state index in [1.807, 2.05) is 18.2 Å². The first kappa shape index (κ1) is 14.6. The van der Waals surface area contributed by atoms with Crippen LogP contribution in [0.4, 0.5) is 0 Å². The maximum atomic E-state index is 12.7. The molecule has 3 aromatic rings. The lowest BCUT2D eigenvalue weighted by Crippen LogP contribution is -2.30. The lowest BCUT2D eigenvalue weighted by atomic mass is 10.0. The number of amides is 1. The second-order valence-electron chi connectivity index (χ2n) is 6.07. The first-order valence-electron chi connectivity index (χ1n) is 8.11. The molecule has 1 saturated carbocycles. The first-order valence-corrected chi connectivity index (χ1v) is 8.11. The number of hydrogen-bond donors (Lipinski definition) is 1. The van der Waals surface area contributed by atoms with Gasteiger partial charge in [-0.05, 0) is 36.5 Å². The summed E-state index contributed by atoms with van der Waals surface area (Å²) < 4.78 is 1.78. The number of nitrogens with one attached hydrogen (secondary N) is 1. The molecule has 120 valence electrons. The highest BCUT2D eigenvalue weighted by molar-refractivity contribution is 5.94. The molecule has 0 radical (unpaired) electrons. The van der Waals surface area contributed by atoms with Gasteiger partial charge < -0.3 is 5.32 Å². The molecule has 1 N–H and O–H groups in total. The zero-order chi connectivity index (χ0) is 16.4. The predicted octanol–water partition coefficient (Wildman–Crippen LogP) is 3.15. The van der Waals surface area contributed by atoms with Crippen molar-refractivity contribution < 1.29 is 4.79 Å². The molecule has 24 heavy (non-hydrogen) atoms. The van der Waals surface area contributed by atoms with Crippen molar-refractivity contribution in [2.24, 2.45) is 5.92 Å². The van der Waals surface area contributed by atoms with Crippen LogP contribution < -0.4 is 5.32 Å². The van der Waals surface area contributed by atoms with Gasteiger partial charge in [-0.2, -0.15) is 0 Å². The topological polar surface area (TPSA) is 59.8 Å². The Kier molecular flexibility index (Phi) is 3.83. The lowest BCUT2D eigenvalue weighted by molar-refractivity contribution is 0.0931. The van der Waals surface area contributed by atoms with E-state index in [0.717, 1.165) is 18.4 Å². The normalized spacial score (nSPS) is 15.0. The summed E-state index contributed by atoms with van der Waals surface area (Å²) in [5.41, 5.74) is 1.77. The minimum atomic E-state index is -0.0699. The van der Waals surface area contributed by atoms with Gasteiger partial charge in [-0.25, -0.2) is 9.97 Å². The smallest absolute Gasteiger partial charge is 0.251 e. The molecule has 0 aliphatic heterocycles. The molecule has 1 fully saturated rings. The Labute approximate surface area is 140 Å². The number of nitrogens with zero attached hydrogens (tertiary/aromatic N) is 3. The van der Waals surface area contributed by atoms with Gasteiger partial charge in [-0.3, -0.25) is 9.36 Å². The molecule has 1 atom stereocenters. The van der Waals surface area contributed by atoms with Crippen molar-refractivity contribution in [3.8, 4) is 5.82 Å². The summed E-state index contributed by atoms with van der Waals surface area (Å²) in [6.45, 7) is 0. The van der Waals surface area contributed by atoms with E-state index in [-0.39, 0.29) is 11.9 Å². The fourth-order valence-electron chi connectivity index (χ4n) is 2.88. The van der Waals surface area contributed by atoms with Crippen molar-refractivity contribution in [1.29, 1.82) is 0 Å². The van der Waals surface area contributed by atoms with Gasteiger partial charge in [-0.1, -0.05) is 30.3 Å². The third kappa shape index (κ3) is 3.06. The molecule has 2 heterocycles. The molecule has 0 bridgehead atoms. The number of hydrogen-bond acceptors (Lipinski definition) is 3. The minimum Gasteiger partial charge on any atom is -0.345 e. The monoisotopic (exact) mass is 318 g/mol. The molecule has 2 aromatic heterocycles. The molecule has 0 unspecified atom stereocenters. The van der Waals surface area contributed by atoms with E-state index < -0.39 is 0 Å². The third-order valence-electron chi connectivity index (χ3n) is 4.32. The summed E-state index contributed by atoms with van der Waals surface area (Å²) in [5.74, 6) is 1.15. The van der Waals surface area contributed by atoms with Crippen molar-refractivity contribution in [3.05, 3.63) is 78.5 Å². The molecule has 4 rings (SSSR count). The van der Waals surface area contributed by atoms with Crippen LogP contribution in [-0.2, 0) is 0 Å². The van der Waals surface area contributed by atoms with Gasteiger partial charge in [0.1, 0.15) is 12.1 Å². The van der Waals surface area contributed by atoms with Crippen LogP contribution in [0, 0.1) is 5.92 Å². The van der Waals surface area contributed by atoms with E-state index in [9.17, 15) is 4.79 Å². The summed E-state index contributed by atoms with van der Waals surface area (Å²) in [6, 6.07) is 13.8. The number of imidazole rings is 1. The Balaban J connectivity index is 1.56. The van der Waals surface area contributed by atoms with Crippen molar-refractivity contribution >= 4 is 5.91 Å². The number of benzene rings is 1. The van der Waals surface area contributed by atoms with Gasteiger partial charge in [0.2, 0.25) is 0 Å². The van der Waals surface area contributed by atoms with E-state index in [4.69, 9.17) is 0 Å². The van der Waals surface area contributed by atoms with Crippen LogP contribution in [0.1, 0.15) is 34.8 Å². The quantitative estimate of drug-likeness (QED) is 0.786. The summed E-state index contributed by atoms with van der Waals surface area (Å²) in [6.07, 6.45) is 9.14. The second-order valence-corrected chi connectivity index (χ2v) is 6.07. The Hall–Kier alpha value is -2.95. The van der Waals surface area contributed by atoms with Crippen molar-refractivity contribution in [1.82, 2.24) is 19.9 Å². The maximum absolute atomic E-state index is 12.7. The van der Waals surface area contributed by atoms with Gasteiger partial charge in [0.05, 0.1) is 6.04 Å². The average molecular weight is 318 g/mol. The number of pyridine rings is 1. The Morgan fingerprint density at radius 2 is 2.00 bits per heavy atom. The van der Waals surface area contributed by atoms with Crippen LogP contribution >= 0.6 is 0 Å². The summed E-state index contributed by atoms with van der Waals surface area (Å²) in [7, 11) is 0. The van der Waals surface area contributed by atoms with Crippen molar-refractivity contribution in [2.45, 2.75) is 18.9 Å². The minimum absolute atomic E-state index is 0.0699. The molecule has 1 aromatic carbocycles. The van der Waals surface area contributed by atoms with Gasteiger partial charge >= 0.3 is 0 Å². The van der Waals surface area contributed by atoms with Crippen molar-refractivity contribution in [3.63, 3.8) is 0 Å². The SMILES string of the molecule is O=C(N[C@@H](c1ccccc1)C1CC1)c1ccnc(-n2ccnc2)c1.